The van der Waals surface area contributed by atoms with Crippen molar-refractivity contribution in [3.63, 3.8) is 0 Å². The highest BCUT2D eigenvalue weighted by molar-refractivity contribution is 5.51. The maximum absolute atomic E-state index is 12.7. The van der Waals surface area contributed by atoms with Gasteiger partial charge in [-0.3, -0.25) is 0 Å². The van der Waals surface area contributed by atoms with Gasteiger partial charge in [0.2, 0.25) is 0 Å². The molecule has 1 aromatic carbocycles. The molecule has 1 aliphatic heterocycles. The summed E-state index contributed by atoms with van der Waals surface area (Å²) in [6.45, 7) is 1.40. The number of anilines is 1. The van der Waals surface area contributed by atoms with Crippen molar-refractivity contribution in [2.24, 2.45) is 0 Å². The summed E-state index contributed by atoms with van der Waals surface area (Å²) < 4.78 is 43.7. The number of rotatable bonds is 3. The molecule has 1 saturated heterocycles. The van der Waals surface area contributed by atoms with E-state index in [9.17, 15) is 13.2 Å². The quantitative estimate of drug-likeness (QED) is 0.868. The third-order valence-corrected chi connectivity index (χ3v) is 3.69. The molecule has 1 atom stereocenters. The van der Waals surface area contributed by atoms with Crippen LogP contribution < -0.4 is 10.5 Å². The molecule has 0 aliphatic carbocycles. The molecule has 2 rings (SSSR count). The lowest BCUT2D eigenvalue weighted by Crippen LogP contribution is -2.40. The number of nitrogen functional groups attached to an aromatic ring is 1. The van der Waals surface area contributed by atoms with Crippen molar-refractivity contribution in [2.45, 2.75) is 31.5 Å². The minimum atomic E-state index is -4.45. The number of ether oxygens (including phenoxy) is 1. The predicted molar refractivity (Wildman–Crippen MR) is 71.6 cm³/mol. The number of likely N-dealkylation sites (tertiary alicyclic amines) is 1. The fourth-order valence-electron chi connectivity index (χ4n) is 2.42. The van der Waals surface area contributed by atoms with E-state index in [1.165, 1.54) is 12.1 Å². The van der Waals surface area contributed by atoms with Crippen molar-refractivity contribution < 1.29 is 17.9 Å². The zero-order chi connectivity index (χ0) is 14.8. The van der Waals surface area contributed by atoms with Gasteiger partial charge in [-0.15, -0.1) is 0 Å². The predicted octanol–water partition coefficient (Wildman–Crippen LogP) is 3.15. The van der Waals surface area contributed by atoms with Gasteiger partial charge in [-0.05, 0) is 44.6 Å². The van der Waals surface area contributed by atoms with Crippen LogP contribution in [0.4, 0.5) is 18.9 Å². The molecule has 1 aliphatic rings. The topological polar surface area (TPSA) is 38.5 Å². The van der Waals surface area contributed by atoms with E-state index in [1.807, 2.05) is 7.05 Å². The van der Waals surface area contributed by atoms with Crippen LogP contribution in [0.2, 0.25) is 0 Å². The van der Waals surface area contributed by atoms with E-state index in [0.29, 0.717) is 6.61 Å². The first-order valence-corrected chi connectivity index (χ1v) is 6.67. The summed E-state index contributed by atoms with van der Waals surface area (Å²) in [5.74, 6) is 0.213. The average Bonchev–Trinajstić information content (AvgIpc) is 2.38. The number of hydrogen-bond donors (Lipinski definition) is 1. The smallest absolute Gasteiger partial charge is 0.418 e. The number of piperidine rings is 1. The van der Waals surface area contributed by atoms with Crippen LogP contribution in [0.25, 0.3) is 0 Å². The second kappa shape index (κ2) is 5.91. The second-order valence-corrected chi connectivity index (χ2v) is 5.19. The molecule has 1 fully saturated rings. The average molecular weight is 288 g/mol. The van der Waals surface area contributed by atoms with Crippen molar-refractivity contribution in [2.75, 3.05) is 25.9 Å². The van der Waals surface area contributed by atoms with E-state index < -0.39 is 11.7 Å². The monoisotopic (exact) mass is 288 g/mol. The van der Waals surface area contributed by atoms with Crippen LogP contribution in [0.15, 0.2) is 18.2 Å². The van der Waals surface area contributed by atoms with E-state index >= 15 is 0 Å². The highest BCUT2D eigenvalue weighted by atomic mass is 19.4. The van der Waals surface area contributed by atoms with Crippen LogP contribution in [0, 0.1) is 0 Å². The summed E-state index contributed by atoms with van der Waals surface area (Å²) in [4.78, 5) is 2.19. The summed E-state index contributed by atoms with van der Waals surface area (Å²) >= 11 is 0. The van der Waals surface area contributed by atoms with Crippen LogP contribution in [0.3, 0.4) is 0 Å². The molecular weight excluding hydrogens is 269 g/mol. The SMILES string of the molecule is CN1CCCCC1COc1ccc(N)c(C(F)(F)F)c1. The molecule has 3 nitrogen and oxygen atoms in total. The minimum Gasteiger partial charge on any atom is -0.492 e. The van der Waals surface area contributed by atoms with E-state index in [2.05, 4.69) is 4.90 Å². The standard InChI is InChI=1S/C14H19F3N2O/c1-19-7-3-2-4-10(19)9-20-11-5-6-13(18)12(8-11)14(15,16)17/h5-6,8,10H,2-4,7,9,18H2,1H3. The highest BCUT2D eigenvalue weighted by Crippen LogP contribution is 2.35. The Bertz CT molecular complexity index is 462. The fourth-order valence-corrected chi connectivity index (χ4v) is 2.42. The lowest BCUT2D eigenvalue weighted by atomic mass is 10.0. The van der Waals surface area contributed by atoms with Crippen LogP contribution in [-0.2, 0) is 6.18 Å². The van der Waals surface area contributed by atoms with E-state index in [4.69, 9.17) is 10.5 Å². The maximum atomic E-state index is 12.7. The van der Waals surface area contributed by atoms with Crippen molar-refractivity contribution in [1.29, 1.82) is 0 Å². The number of nitrogens with zero attached hydrogens (tertiary/aromatic N) is 1. The summed E-state index contributed by atoms with van der Waals surface area (Å²) in [6, 6.07) is 3.95. The number of nitrogens with two attached hydrogens (primary N) is 1. The molecule has 0 spiro atoms. The first-order valence-electron chi connectivity index (χ1n) is 6.67. The summed E-state index contributed by atoms with van der Waals surface area (Å²) in [7, 11) is 2.01. The maximum Gasteiger partial charge on any atom is 0.418 e. The Morgan fingerprint density at radius 2 is 2.10 bits per heavy atom. The molecule has 0 amide bonds. The highest BCUT2D eigenvalue weighted by Gasteiger charge is 2.33. The zero-order valence-electron chi connectivity index (χ0n) is 11.4. The van der Waals surface area contributed by atoms with Crippen LogP contribution >= 0.6 is 0 Å². The summed E-state index contributed by atoms with van der Waals surface area (Å²) in [5, 5.41) is 0. The van der Waals surface area contributed by atoms with Crippen LogP contribution in [-0.4, -0.2) is 31.1 Å². The first-order chi connectivity index (χ1) is 9.38. The van der Waals surface area contributed by atoms with Gasteiger partial charge in [0, 0.05) is 11.7 Å². The third kappa shape index (κ3) is 3.56. The Kier molecular flexibility index (Phi) is 4.42. The van der Waals surface area contributed by atoms with Crippen molar-refractivity contribution in [1.82, 2.24) is 4.90 Å². The molecule has 0 bridgehead atoms. The zero-order valence-corrected chi connectivity index (χ0v) is 11.4. The number of hydrogen-bond acceptors (Lipinski definition) is 3. The molecule has 6 heteroatoms. The largest absolute Gasteiger partial charge is 0.492 e. The third-order valence-electron chi connectivity index (χ3n) is 3.69. The molecule has 1 heterocycles. The Morgan fingerprint density at radius 1 is 1.35 bits per heavy atom. The first kappa shape index (κ1) is 15.0. The van der Waals surface area contributed by atoms with Crippen molar-refractivity contribution in [3.8, 4) is 5.75 Å². The van der Waals surface area contributed by atoms with E-state index in [-0.39, 0.29) is 17.5 Å². The van der Waals surface area contributed by atoms with Crippen molar-refractivity contribution in [3.05, 3.63) is 23.8 Å². The van der Waals surface area contributed by atoms with Gasteiger partial charge in [0.05, 0.1) is 5.56 Å². The Balaban J connectivity index is 2.03. The van der Waals surface area contributed by atoms with Gasteiger partial charge in [-0.1, -0.05) is 6.42 Å². The lowest BCUT2D eigenvalue weighted by Gasteiger charge is -2.32. The van der Waals surface area contributed by atoms with Crippen molar-refractivity contribution >= 4 is 5.69 Å². The Labute approximate surface area is 116 Å². The molecule has 1 unspecified atom stereocenters. The summed E-state index contributed by atoms with van der Waals surface area (Å²) in [5.41, 5.74) is 4.23. The van der Waals surface area contributed by atoms with Gasteiger partial charge in [0.1, 0.15) is 12.4 Å². The molecular formula is C14H19F3N2O. The number of alkyl halides is 3. The van der Waals surface area contributed by atoms with Gasteiger partial charge in [-0.25, -0.2) is 0 Å². The number of benzene rings is 1. The Morgan fingerprint density at radius 3 is 2.75 bits per heavy atom. The summed E-state index contributed by atoms with van der Waals surface area (Å²) in [6.07, 6.45) is -1.15. The van der Waals surface area contributed by atoms with Gasteiger partial charge in [0.25, 0.3) is 0 Å². The van der Waals surface area contributed by atoms with Crippen LogP contribution in [0.1, 0.15) is 24.8 Å². The number of likely N-dealkylation sites (N-methyl/N-ethyl adjacent to an activating group) is 1. The minimum absolute atomic E-state index is 0.213. The molecule has 0 radical (unpaired) electrons. The molecule has 20 heavy (non-hydrogen) atoms. The molecule has 112 valence electrons. The molecule has 0 saturated carbocycles. The van der Waals surface area contributed by atoms with E-state index in [1.54, 1.807) is 0 Å². The van der Waals surface area contributed by atoms with Crippen LogP contribution in [0.5, 0.6) is 5.75 Å². The lowest BCUT2D eigenvalue weighted by molar-refractivity contribution is -0.137. The van der Waals surface area contributed by atoms with Gasteiger partial charge >= 0.3 is 6.18 Å². The van der Waals surface area contributed by atoms with Gasteiger partial charge in [-0.2, -0.15) is 13.2 Å². The molecule has 0 aromatic heterocycles. The normalized spacial score (nSPS) is 20.9. The van der Waals surface area contributed by atoms with Gasteiger partial charge < -0.3 is 15.4 Å². The number of halogens is 3. The second-order valence-electron chi connectivity index (χ2n) is 5.19. The Hall–Kier alpha value is -1.43. The molecule has 1 aromatic rings. The fraction of sp³-hybridized carbons (Fsp3) is 0.571. The van der Waals surface area contributed by atoms with E-state index in [0.717, 1.165) is 31.9 Å². The molecule has 2 N–H and O–H groups in total. The van der Waals surface area contributed by atoms with Gasteiger partial charge in [0.15, 0.2) is 0 Å².